The summed E-state index contributed by atoms with van der Waals surface area (Å²) in [6, 6.07) is 6.49. The highest BCUT2D eigenvalue weighted by atomic mass is 16.6. The van der Waals surface area contributed by atoms with Gasteiger partial charge >= 0.3 is 0 Å². The molecule has 1 fully saturated rings. The first kappa shape index (κ1) is 14.8. The van der Waals surface area contributed by atoms with Crippen LogP contribution in [-0.2, 0) is 0 Å². The molecule has 0 spiro atoms. The molecular formula is C15H16N4O2. The van der Waals surface area contributed by atoms with E-state index in [4.69, 9.17) is 6.42 Å². The Morgan fingerprint density at radius 3 is 2.81 bits per heavy atom. The summed E-state index contributed by atoms with van der Waals surface area (Å²) in [6.45, 7) is 3.95. The van der Waals surface area contributed by atoms with Gasteiger partial charge in [0.25, 0.3) is 5.69 Å². The topological polar surface area (TPSA) is 73.4 Å². The predicted octanol–water partition coefficient (Wildman–Crippen LogP) is 1.61. The van der Waals surface area contributed by atoms with Crippen LogP contribution < -0.4 is 4.90 Å². The van der Waals surface area contributed by atoms with Crippen molar-refractivity contribution in [3.05, 3.63) is 33.9 Å². The Hall–Kier alpha value is -2.57. The summed E-state index contributed by atoms with van der Waals surface area (Å²) < 4.78 is 0. The molecule has 0 aliphatic carbocycles. The monoisotopic (exact) mass is 284 g/mol. The summed E-state index contributed by atoms with van der Waals surface area (Å²) in [7, 11) is 0. The van der Waals surface area contributed by atoms with Gasteiger partial charge in [0, 0.05) is 38.3 Å². The summed E-state index contributed by atoms with van der Waals surface area (Å²) in [6.07, 6.45) is 6.28. The Kier molecular flexibility index (Phi) is 4.76. The second-order valence-corrected chi connectivity index (χ2v) is 4.89. The Morgan fingerprint density at radius 1 is 1.33 bits per heavy atom. The highest BCUT2D eigenvalue weighted by Gasteiger charge is 2.19. The second-order valence-electron chi connectivity index (χ2n) is 4.89. The molecule has 1 aliphatic rings. The van der Waals surface area contributed by atoms with E-state index in [0.29, 0.717) is 12.1 Å². The van der Waals surface area contributed by atoms with Crippen LogP contribution in [0.1, 0.15) is 12.0 Å². The molecule has 6 nitrogen and oxygen atoms in total. The third-order valence-electron chi connectivity index (χ3n) is 3.56. The van der Waals surface area contributed by atoms with Gasteiger partial charge in [0.15, 0.2) is 0 Å². The van der Waals surface area contributed by atoms with Crippen LogP contribution >= 0.6 is 0 Å². The number of non-ortho nitro benzene ring substituents is 1. The number of nitrogens with zero attached hydrogens (tertiary/aromatic N) is 4. The van der Waals surface area contributed by atoms with Gasteiger partial charge in [0.1, 0.15) is 6.07 Å². The largest absolute Gasteiger partial charge is 0.369 e. The van der Waals surface area contributed by atoms with Crippen molar-refractivity contribution in [3.8, 4) is 18.4 Å². The van der Waals surface area contributed by atoms with Crippen molar-refractivity contribution in [2.45, 2.75) is 6.42 Å². The summed E-state index contributed by atoms with van der Waals surface area (Å²) in [5.41, 5.74) is 1.04. The van der Waals surface area contributed by atoms with E-state index in [1.165, 1.54) is 12.1 Å². The molecule has 0 bridgehead atoms. The van der Waals surface area contributed by atoms with Gasteiger partial charge < -0.3 is 4.90 Å². The van der Waals surface area contributed by atoms with E-state index < -0.39 is 4.92 Å². The Labute approximate surface area is 123 Å². The minimum Gasteiger partial charge on any atom is -0.369 e. The number of anilines is 1. The van der Waals surface area contributed by atoms with Crippen molar-refractivity contribution in [2.24, 2.45) is 0 Å². The maximum Gasteiger partial charge on any atom is 0.270 e. The quantitative estimate of drug-likeness (QED) is 0.479. The molecule has 1 aromatic rings. The van der Waals surface area contributed by atoms with E-state index in [2.05, 4.69) is 21.8 Å². The van der Waals surface area contributed by atoms with Crippen LogP contribution in [0, 0.1) is 33.8 Å². The van der Waals surface area contributed by atoms with Crippen molar-refractivity contribution < 1.29 is 4.92 Å². The van der Waals surface area contributed by atoms with Crippen molar-refractivity contribution in [3.63, 3.8) is 0 Å². The Balaban J connectivity index is 2.20. The number of nitro groups is 1. The second kappa shape index (κ2) is 6.74. The van der Waals surface area contributed by atoms with Gasteiger partial charge in [-0.25, -0.2) is 0 Å². The maximum atomic E-state index is 10.8. The minimum atomic E-state index is -0.484. The van der Waals surface area contributed by atoms with Crippen LogP contribution in [0.2, 0.25) is 0 Å². The number of hydrogen-bond acceptors (Lipinski definition) is 5. The third-order valence-corrected chi connectivity index (χ3v) is 3.56. The van der Waals surface area contributed by atoms with Crippen LogP contribution in [0.3, 0.4) is 0 Å². The van der Waals surface area contributed by atoms with E-state index in [1.54, 1.807) is 6.07 Å². The van der Waals surface area contributed by atoms with E-state index in [1.807, 2.05) is 0 Å². The van der Waals surface area contributed by atoms with Gasteiger partial charge in [-0.3, -0.25) is 15.0 Å². The van der Waals surface area contributed by atoms with Gasteiger partial charge in [-0.15, -0.1) is 6.42 Å². The first-order chi connectivity index (χ1) is 10.2. The number of rotatable bonds is 3. The molecule has 21 heavy (non-hydrogen) atoms. The number of terminal acetylenes is 1. The van der Waals surface area contributed by atoms with Crippen molar-refractivity contribution in [1.82, 2.24) is 4.90 Å². The highest BCUT2D eigenvalue weighted by Crippen LogP contribution is 2.25. The fraction of sp³-hybridized carbons (Fsp3) is 0.400. The SMILES string of the molecule is C#CCN1CCCN(c2ccc([N+](=O)[O-])cc2C#N)CC1. The molecule has 2 rings (SSSR count). The molecule has 0 amide bonds. The van der Waals surface area contributed by atoms with Gasteiger partial charge in [-0.05, 0) is 12.5 Å². The Morgan fingerprint density at radius 2 is 2.14 bits per heavy atom. The molecule has 0 N–H and O–H groups in total. The van der Waals surface area contributed by atoms with Crippen molar-refractivity contribution in [1.29, 1.82) is 5.26 Å². The molecule has 1 heterocycles. The molecular weight excluding hydrogens is 268 g/mol. The molecule has 0 unspecified atom stereocenters. The lowest BCUT2D eigenvalue weighted by Gasteiger charge is -2.24. The minimum absolute atomic E-state index is 0.0564. The van der Waals surface area contributed by atoms with Gasteiger partial charge in [0.2, 0.25) is 0 Å². The van der Waals surface area contributed by atoms with Crippen LogP contribution in [0.25, 0.3) is 0 Å². The van der Waals surface area contributed by atoms with Crippen molar-refractivity contribution >= 4 is 11.4 Å². The average molecular weight is 284 g/mol. The molecule has 1 aromatic carbocycles. The smallest absolute Gasteiger partial charge is 0.270 e. The lowest BCUT2D eigenvalue weighted by atomic mass is 10.1. The molecule has 1 aliphatic heterocycles. The number of hydrogen-bond donors (Lipinski definition) is 0. The molecule has 6 heteroatoms. The third kappa shape index (κ3) is 3.50. The molecule has 0 saturated carbocycles. The fourth-order valence-electron chi connectivity index (χ4n) is 2.50. The predicted molar refractivity (Wildman–Crippen MR) is 79.9 cm³/mol. The van der Waals surface area contributed by atoms with E-state index in [0.717, 1.165) is 38.3 Å². The molecule has 0 atom stereocenters. The maximum absolute atomic E-state index is 10.8. The van der Waals surface area contributed by atoms with E-state index in [-0.39, 0.29) is 5.69 Å². The van der Waals surface area contributed by atoms with Crippen LogP contribution in [0.4, 0.5) is 11.4 Å². The number of nitro benzene ring substituents is 1. The molecule has 108 valence electrons. The van der Waals surface area contributed by atoms with Crippen molar-refractivity contribution in [2.75, 3.05) is 37.6 Å². The lowest BCUT2D eigenvalue weighted by molar-refractivity contribution is -0.384. The van der Waals surface area contributed by atoms with Gasteiger partial charge in [-0.1, -0.05) is 5.92 Å². The molecule has 1 saturated heterocycles. The van der Waals surface area contributed by atoms with Gasteiger partial charge in [0.05, 0.1) is 22.7 Å². The lowest BCUT2D eigenvalue weighted by Crippen LogP contribution is -2.31. The zero-order chi connectivity index (χ0) is 15.2. The summed E-state index contributed by atoms with van der Waals surface area (Å²) in [5.74, 6) is 2.64. The molecule has 0 aromatic heterocycles. The highest BCUT2D eigenvalue weighted by molar-refractivity contribution is 5.63. The zero-order valence-corrected chi connectivity index (χ0v) is 11.7. The first-order valence-corrected chi connectivity index (χ1v) is 6.75. The standard InChI is InChI=1S/C15H16N4O2/c1-2-6-17-7-3-8-18(10-9-17)15-5-4-14(19(20)21)11-13(15)12-16/h1,4-5,11H,3,6-10H2. The first-order valence-electron chi connectivity index (χ1n) is 6.75. The van der Waals surface area contributed by atoms with Crippen LogP contribution in [0.5, 0.6) is 0 Å². The molecule has 0 radical (unpaired) electrons. The fourth-order valence-corrected chi connectivity index (χ4v) is 2.50. The van der Waals surface area contributed by atoms with E-state index >= 15 is 0 Å². The summed E-state index contributed by atoms with van der Waals surface area (Å²) >= 11 is 0. The average Bonchev–Trinajstić information content (AvgIpc) is 2.72. The number of nitriles is 1. The van der Waals surface area contributed by atoms with Gasteiger partial charge in [-0.2, -0.15) is 5.26 Å². The normalized spacial score (nSPS) is 15.8. The number of benzene rings is 1. The van der Waals surface area contributed by atoms with Crippen LogP contribution in [-0.4, -0.2) is 42.5 Å². The van der Waals surface area contributed by atoms with E-state index in [9.17, 15) is 15.4 Å². The summed E-state index contributed by atoms with van der Waals surface area (Å²) in [5, 5.41) is 20.0. The zero-order valence-electron chi connectivity index (χ0n) is 11.7. The Bertz CT molecular complexity index is 615. The van der Waals surface area contributed by atoms with Crippen LogP contribution in [0.15, 0.2) is 18.2 Å². The summed E-state index contributed by atoms with van der Waals surface area (Å²) in [4.78, 5) is 14.6.